The summed E-state index contributed by atoms with van der Waals surface area (Å²) in [5.41, 5.74) is 0.440. The molecule has 0 aliphatic carbocycles. The molecule has 0 aliphatic rings. The fourth-order valence-electron chi connectivity index (χ4n) is 1.43. The molecule has 0 aromatic heterocycles. The van der Waals surface area contributed by atoms with Crippen LogP contribution < -0.4 is 5.32 Å². The van der Waals surface area contributed by atoms with Gasteiger partial charge in [-0.05, 0) is 61.1 Å². The fraction of sp³-hybridized carbons (Fsp3) is 0.429. The van der Waals surface area contributed by atoms with Gasteiger partial charge in [-0.25, -0.2) is 4.79 Å². The van der Waals surface area contributed by atoms with Crippen molar-refractivity contribution in [2.45, 2.75) is 38.8 Å². The third kappa shape index (κ3) is 6.43. The molecule has 1 N–H and O–H groups in total. The molecule has 0 aliphatic heterocycles. The number of rotatable bonds is 3. The number of halogens is 1. The summed E-state index contributed by atoms with van der Waals surface area (Å²) in [5.74, 6) is 0. The predicted molar refractivity (Wildman–Crippen MR) is 81.6 cm³/mol. The van der Waals surface area contributed by atoms with Crippen LogP contribution in [0.2, 0.25) is 0 Å². The number of benzene rings is 1. The van der Waals surface area contributed by atoms with Crippen molar-refractivity contribution >= 4 is 28.7 Å². The van der Waals surface area contributed by atoms with Crippen molar-refractivity contribution in [3.63, 3.8) is 0 Å². The van der Waals surface area contributed by atoms with Crippen LogP contribution in [0.3, 0.4) is 0 Å². The number of nitrogens with zero attached hydrogens (tertiary/aromatic N) is 1. The van der Waals surface area contributed by atoms with E-state index in [4.69, 9.17) is 10.00 Å². The molecule has 1 atom stereocenters. The molecule has 1 rings (SSSR count). The van der Waals surface area contributed by atoms with Gasteiger partial charge in [-0.3, -0.25) is 0 Å². The first-order valence-corrected chi connectivity index (χ1v) is 7.01. The molecule has 102 valence electrons. The highest BCUT2D eigenvalue weighted by Gasteiger charge is 2.19. The van der Waals surface area contributed by atoms with Crippen LogP contribution in [0.5, 0.6) is 0 Å². The first kappa shape index (κ1) is 15.8. The lowest BCUT2D eigenvalue weighted by Gasteiger charge is -2.21. The highest BCUT2D eigenvalue weighted by atomic mass is 127. The van der Waals surface area contributed by atoms with Crippen LogP contribution in [0.15, 0.2) is 24.3 Å². The predicted octanol–water partition coefficient (Wildman–Crippen LogP) is 3.25. The van der Waals surface area contributed by atoms with Gasteiger partial charge >= 0.3 is 6.09 Å². The average Bonchev–Trinajstić information content (AvgIpc) is 2.28. The summed E-state index contributed by atoms with van der Waals surface area (Å²) in [4.78, 5) is 11.6. The third-order valence-electron chi connectivity index (χ3n) is 2.20. The number of alkyl carbamates (subject to hydrolysis) is 1. The molecule has 0 saturated carbocycles. The Hall–Kier alpha value is -1.29. The van der Waals surface area contributed by atoms with E-state index in [1.54, 1.807) is 20.8 Å². The second kappa shape index (κ2) is 6.75. The van der Waals surface area contributed by atoms with Gasteiger partial charge in [0.25, 0.3) is 0 Å². The topological polar surface area (TPSA) is 62.1 Å². The van der Waals surface area contributed by atoms with Crippen LogP contribution in [-0.2, 0) is 11.2 Å². The summed E-state index contributed by atoms with van der Waals surface area (Å²) in [7, 11) is 0. The Morgan fingerprint density at radius 1 is 1.42 bits per heavy atom. The Morgan fingerprint density at radius 3 is 2.47 bits per heavy atom. The van der Waals surface area contributed by atoms with Gasteiger partial charge in [0, 0.05) is 9.99 Å². The van der Waals surface area contributed by atoms with Crippen molar-refractivity contribution in [3.05, 3.63) is 33.4 Å². The van der Waals surface area contributed by atoms with E-state index in [2.05, 4.69) is 34.0 Å². The first-order valence-electron chi connectivity index (χ1n) is 5.94. The largest absolute Gasteiger partial charge is 0.444 e. The van der Waals surface area contributed by atoms with E-state index in [1.165, 1.54) is 0 Å². The highest BCUT2D eigenvalue weighted by Crippen LogP contribution is 2.10. The lowest BCUT2D eigenvalue weighted by atomic mass is 10.1. The molecule has 1 unspecified atom stereocenters. The minimum atomic E-state index is -0.588. The maximum Gasteiger partial charge on any atom is 0.408 e. The van der Waals surface area contributed by atoms with E-state index in [-0.39, 0.29) is 0 Å². The van der Waals surface area contributed by atoms with Crippen molar-refractivity contribution in [2.24, 2.45) is 0 Å². The molecular formula is C14H17IN2O2. The molecule has 0 heterocycles. The van der Waals surface area contributed by atoms with Gasteiger partial charge in [-0.2, -0.15) is 5.26 Å². The summed E-state index contributed by atoms with van der Waals surface area (Å²) in [6, 6.07) is 9.31. The lowest BCUT2D eigenvalue weighted by molar-refractivity contribution is 0.0516. The normalized spacial score (nSPS) is 12.4. The fourth-order valence-corrected chi connectivity index (χ4v) is 1.79. The van der Waals surface area contributed by atoms with Crippen LogP contribution >= 0.6 is 22.6 Å². The molecule has 0 fully saturated rings. The van der Waals surface area contributed by atoms with Gasteiger partial charge in [0.05, 0.1) is 6.07 Å². The molecule has 4 nitrogen and oxygen atoms in total. The van der Waals surface area contributed by atoms with Gasteiger partial charge in [0.1, 0.15) is 11.6 Å². The SMILES string of the molecule is CC(C)(C)OC(=O)NC(C#N)Cc1ccc(I)cc1. The minimum Gasteiger partial charge on any atom is -0.444 e. The van der Waals surface area contributed by atoms with E-state index >= 15 is 0 Å². The standard InChI is InChI=1S/C14H17IN2O2/c1-14(2,3)19-13(18)17-12(9-16)8-10-4-6-11(15)7-5-10/h4-7,12H,8H2,1-3H3,(H,17,18). The van der Waals surface area contributed by atoms with E-state index in [0.717, 1.165) is 9.13 Å². The van der Waals surface area contributed by atoms with Crippen LogP contribution in [0.1, 0.15) is 26.3 Å². The summed E-state index contributed by atoms with van der Waals surface area (Å²) >= 11 is 2.22. The smallest absolute Gasteiger partial charge is 0.408 e. The maximum absolute atomic E-state index is 11.6. The third-order valence-corrected chi connectivity index (χ3v) is 2.92. The Morgan fingerprint density at radius 2 is 2.00 bits per heavy atom. The number of hydrogen-bond donors (Lipinski definition) is 1. The number of nitriles is 1. The van der Waals surface area contributed by atoms with Crippen LogP contribution in [0.25, 0.3) is 0 Å². The zero-order valence-corrected chi connectivity index (χ0v) is 13.4. The Kier molecular flexibility index (Phi) is 5.60. The van der Waals surface area contributed by atoms with Gasteiger partial charge < -0.3 is 10.1 Å². The maximum atomic E-state index is 11.6. The number of amides is 1. The zero-order chi connectivity index (χ0) is 14.5. The first-order chi connectivity index (χ1) is 8.80. The highest BCUT2D eigenvalue weighted by molar-refractivity contribution is 14.1. The number of ether oxygens (including phenoxy) is 1. The van der Waals surface area contributed by atoms with E-state index in [1.807, 2.05) is 24.3 Å². The molecule has 19 heavy (non-hydrogen) atoms. The summed E-state index contributed by atoms with van der Waals surface area (Å²) in [6.45, 7) is 5.35. The average molecular weight is 372 g/mol. The molecule has 5 heteroatoms. The van der Waals surface area contributed by atoms with Crippen molar-refractivity contribution in [1.29, 1.82) is 5.26 Å². The molecule has 0 bridgehead atoms. The molecule has 0 saturated heterocycles. The molecule has 1 amide bonds. The Balaban J connectivity index is 2.57. The number of carbonyl (C=O) groups is 1. The second-order valence-electron chi connectivity index (χ2n) is 5.16. The molecule has 1 aromatic rings. The summed E-state index contributed by atoms with van der Waals surface area (Å²) < 4.78 is 6.26. The van der Waals surface area contributed by atoms with Gasteiger partial charge in [-0.1, -0.05) is 12.1 Å². The van der Waals surface area contributed by atoms with Gasteiger partial charge in [-0.15, -0.1) is 0 Å². The van der Waals surface area contributed by atoms with Crippen LogP contribution in [0, 0.1) is 14.9 Å². The van der Waals surface area contributed by atoms with Gasteiger partial charge in [0.2, 0.25) is 0 Å². The van der Waals surface area contributed by atoms with E-state index < -0.39 is 17.7 Å². The summed E-state index contributed by atoms with van der Waals surface area (Å²) in [6.07, 6.45) is -0.100. The number of hydrogen-bond acceptors (Lipinski definition) is 3. The van der Waals surface area contributed by atoms with Crippen molar-refractivity contribution in [2.75, 3.05) is 0 Å². The van der Waals surface area contributed by atoms with Crippen LogP contribution in [0.4, 0.5) is 4.79 Å². The molecule has 0 radical (unpaired) electrons. The molecule has 0 spiro atoms. The Bertz CT molecular complexity index is 472. The number of carbonyl (C=O) groups excluding carboxylic acids is 1. The van der Waals surface area contributed by atoms with Gasteiger partial charge in [0.15, 0.2) is 0 Å². The Labute approximate surface area is 127 Å². The quantitative estimate of drug-likeness (QED) is 0.829. The van der Waals surface area contributed by atoms with Crippen LogP contribution in [-0.4, -0.2) is 17.7 Å². The van der Waals surface area contributed by atoms with E-state index in [0.29, 0.717) is 6.42 Å². The van der Waals surface area contributed by atoms with Crippen molar-refractivity contribution in [1.82, 2.24) is 5.32 Å². The zero-order valence-electron chi connectivity index (χ0n) is 11.2. The monoisotopic (exact) mass is 372 g/mol. The summed E-state index contributed by atoms with van der Waals surface area (Å²) in [5, 5.41) is 11.6. The van der Waals surface area contributed by atoms with Crippen molar-refractivity contribution < 1.29 is 9.53 Å². The molecular weight excluding hydrogens is 355 g/mol. The van der Waals surface area contributed by atoms with E-state index in [9.17, 15) is 4.79 Å². The number of nitrogens with one attached hydrogen (secondary N) is 1. The minimum absolute atomic E-state index is 0.465. The van der Waals surface area contributed by atoms with Crippen molar-refractivity contribution in [3.8, 4) is 6.07 Å². The second-order valence-corrected chi connectivity index (χ2v) is 6.40. The lowest BCUT2D eigenvalue weighted by Crippen LogP contribution is -2.39. The molecule has 1 aromatic carbocycles.